The van der Waals surface area contributed by atoms with Crippen LogP contribution in [-0.2, 0) is 16.0 Å². The minimum Gasteiger partial charge on any atom is -0.495 e. The SMILES string of the molecule is CCc1ccc(OCC(=O)NN[C@H](C)C(=O)Nc2cc([N+](=O)[O-])ccc2OC)cc1. The molecule has 0 aliphatic heterocycles. The maximum atomic E-state index is 12.3. The van der Waals surface area contributed by atoms with E-state index in [0.717, 1.165) is 12.0 Å². The summed E-state index contributed by atoms with van der Waals surface area (Å²) in [5.41, 5.74) is 6.07. The Bertz CT molecular complexity index is 901. The van der Waals surface area contributed by atoms with Crippen LogP contribution in [0.3, 0.4) is 0 Å². The number of non-ortho nitro benzene ring substituents is 1. The van der Waals surface area contributed by atoms with Gasteiger partial charge >= 0.3 is 0 Å². The van der Waals surface area contributed by atoms with Crippen LogP contribution in [0.5, 0.6) is 11.5 Å². The number of carbonyl (C=O) groups is 2. The van der Waals surface area contributed by atoms with Gasteiger partial charge in [0.15, 0.2) is 6.61 Å². The van der Waals surface area contributed by atoms with Gasteiger partial charge in [0.1, 0.15) is 17.5 Å². The summed E-state index contributed by atoms with van der Waals surface area (Å²) in [6.45, 7) is 3.33. The van der Waals surface area contributed by atoms with Crippen LogP contribution < -0.4 is 25.6 Å². The minimum atomic E-state index is -0.832. The lowest BCUT2D eigenvalue weighted by Crippen LogP contribution is -2.49. The molecule has 0 aliphatic rings. The number of carbonyl (C=O) groups excluding carboxylic acids is 2. The third-order valence-electron chi connectivity index (χ3n) is 4.17. The van der Waals surface area contributed by atoms with E-state index in [-0.39, 0.29) is 23.7 Å². The van der Waals surface area contributed by atoms with E-state index in [1.54, 1.807) is 12.1 Å². The Morgan fingerprint density at radius 1 is 1.17 bits per heavy atom. The number of nitrogens with one attached hydrogen (secondary N) is 3. The molecule has 10 nitrogen and oxygen atoms in total. The molecule has 2 aromatic carbocycles. The third-order valence-corrected chi connectivity index (χ3v) is 4.17. The molecular weight excluding hydrogens is 392 g/mol. The van der Waals surface area contributed by atoms with Crippen LogP contribution in [0.2, 0.25) is 0 Å². The van der Waals surface area contributed by atoms with Gasteiger partial charge in [0.2, 0.25) is 5.91 Å². The minimum absolute atomic E-state index is 0.149. The summed E-state index contributed by atoms with van der Waals surface area (Å²) in [6.07, 6.45) is 0.910. The second-order valence-electron chi connectivity index (χ2n) is 6.33. The smallest absolute Gasteiger partial charge is 0.272 e. The van der Waals surface area contributed by atoms with E-state index in [0.29, 0.717) is 5.75 Å². The first-order valence-corrected chi connectivity index (χ1v) is 9.23. The number of aryl methyl sites for hydroxylation is 1. The molecule has 2 aromatic rings. The number of amides is 2. The number of hydrazine groups is 1. The molecule has 0 fully saturated rings. The number of benzene rings is 2. The maximum Gasteiger partial charge on any atom is 0.272 e. The number of methoxy groups -OCH3 is 1. The Hall–Kier alpha value is -3.66. The summed E-state index contributed by atoms with van der Waals surface area (Å²) in [4.78, 5) is 34.6. The molecule has 0 saturated heterocycles. The summed E-state index contributed by atoms with van der Waals surface area (Å²) in [7, 11) is 1.38. The third kappa shape index (κ3) is 6.45. The van der Waals surface area contributed by atoms with Crippen molar-refractivity contribution in [2.24, 2.45) is 0 Å². The van der Waals surface area contributed by atoms with Crippen molar-refractivity contribution in [2.45, 2.75) is 26.3 Å². The van der Waals surface area contributed by atoms with Gasteiger partial charge in [-0.2, -0.15) is 0 Å². The standard InChI is InChI=1S/C20H24N4O6/c1-4-14-5-8-16(9-6-14)30-12-19(25)23-22-13(2)20(26)21-17-11-15(24(27)28)7-10-18(17)29-3/h5-11,13,22H,4,12H2,1-3H3,(H,21,26)(H,23,25)/t13-/m1/s1. The largest absolute Gasteiger partial charge is 0.495 e. The molecule has 2 rings (SSSR count). The molecule has 0 aliphatic carbocycles. The summed E-state index contributed by atoms with van der Waals surface area (Å²) in [5.74, 6) is -0.161. The number of ether oxygens (including phenoxy) is 2. The van der Waals surface area contributed by atoms with Gasteiger partial charge in [-0.05, 0) is 37.1 Å². The van der Waals surface area contributed by atoms with Crippen molar-refractivity contribution in [1.29, 1.82) is 0 Å². The highest BCUT2D eigenvalue weighted by Gasteiger charge is 2.18. The summed E-state index contributed by atoms with van der Waals surface area (Å²) >= 11 is 0. The normalized spacial score (nSPS) is 11.3. The van der Waals surface area contributed by atoms with Crippen LogP contribution in [-0.4, -0.2) is 36.5 Å². The van der Waals surface area contributed by atoms with Crippen LogP contribution in [0.4, 0.5) is 11.4 Å². The molecule has 0 saturated carbocycles. The van der Waals surface area contributed by atoms with E-state index in [1.165, 1.54) is 32.2 Å². The van der Waals surface area contributed by atoms with Crippen molar-refractivity contribution >= 4 is 23.2 Å². The highest BCUT2D eigenvalue weighted by molar-refractivity contribution is 5.96. The Balaban J connectivity index is 1.84. The number of nitrogens with zero attached hydrogens (tertiary/aromatic N) is 1. The molecule has 0 bridgehead atoms. The van der Waals surface area contributed by atoms with E-state index in [1.807, 2.05) is 19.1 Å². The highest BCUT2D eigenvalue weighted by Crippen LogP contribution is 2.28. The van der Waals surface area contributed by atoms with Crippen LogP contribution in [0, 0.1) is 10.1 Å². The molecule has 10 heteroatoms. The fourth-order valence-corrected chi connectivity index (χ4v) is 2.41. The van der Waals surface area contributed by atoms with Crippen LogP contribution in [0.15, 0.2) is 42.5 Å². The van der Waals surface area contributed by atoms with Gasteiger partial charge in [0.25, 0.3) is 11.6 Å². The second-order valence-corrected chi connectivity index (χ2v) is 6.33. The fourth-order valence-electron chi connectivity index (χ4n) is 2.41. The second kappa shape index (κ2) is 10.8. The lowest BCUT2D eigenvalue weighted by Gasteiger charge is -2.16. The number of hydrogen-bond acceptors (Lipinski definition) is 7. The molecule has 160 valence electrons. The number of rotatable bonds is 10. The zero-order valence-electron chi connectivity index (χ0n) is 16.9. The fraction of sp³-hybridized carbons (Fsp3) is 0.300. The lowest BCUT2D eigenvalue weighted by molar-refractivity contribution is -0.384. The van der Waals surface area contributed by atoms with Gasteiger partial charge in [-0.1, -0.05) is 19.1 Å². The van der Waals surface area contributed by atoms with E-state index in [9.17, 15) is 19.7 Å². The first-order valence-electron chi connectivity index (χ1n) is 9.23. The average Bonchev–Trinajstić information content (AvgIpc) is 2.76. The van der Waals surface area contributed by atoms with Crippen molar-refractivity contribution in [3.8, 4) is 11.5 Å². The first kappa shape index (κ1) is 22.6. The molecule has 30 heavy (non-hydrogen) atoms. The molecule has 0 radical (unpaired) electrons. The number of nitro groups is 1. The topological polar surface area (TPSA) is 132 Å². The molecule has 3 N–H and O–H groups in total. The predicted molar refractivity (Wildman–Crippen MR) is 110 cm³/mol. The van der Waals surface area contributed by atoms with E-state index >= 15 is 0 Å². The van der Waals surface area contributed by atoms with Crippen LogP contribution in [0.25, 0.3) is 0 Å². The summed E-state index contributed by atoms with van der Waals surface area (Å²) in [6, 6.07) is 10.4. The van der Waals surface area contributed by atoms with Gasteiger partial charge in [-0.15, -0.1) is 0 Å². The Morgan fingerprint density at radius 2 is 1.87 bits per heavy atom. The molecule has 0 unspecified atom stereocenters. The Morgan fingerprint density at radius 3 is 2.47 bits per heavy atom. The van der Waals surface area contributed by atoms with Gasteiger partial charge in [-0.25, -0.2) is 5.43 Å². The Kier molecular flexibility index (Phi) is 8.12. The molecular formula is C20H24N4O6. The van der Waals surface area contributed by atoms with Crippen molar-refractivity contribution < 1.29 is 24.0 Å². The number of anilines is 1. The molecule has 2 amide bonds. The van der Waals surface area contributed by atoms with Gasteiger partial charge in [0, 0.05) is 12.1 Å². The summed E-state index contributed by atoms with van der Waals surface area (Å²) in [5, 5.41) is 13.5. The number of nitro benzene ring substituents is 1. The quantitative estimate of drug-likeness (QED) is 0.399. The Labute approximate surface area is 173 Å². The van der Waals surface area contributed by atoms with Gasteiger partial charge in [-0.3, -0.25) is 25.1 Å². The van der Waals surface area contributed by atoms with E-state index in [2.05, 4.69) is 16.2 Å². The van der Waals surface area contributed by atoms with Crippen molar-refractivity contribution in [3.63, 3.8) is 0 Å². The lowest BCUT2D eigenvalue weighted by atomic mass is 10.2. The van der Waals surface area contributed by atoms with Crippen molar-refractivity contribution in [2.75, 3.05) is 19.0 Å². The zero-order chi connectivity index (χ0) is 22.1. The molecule has 0 spiro atoms. The van der Waals surface area contributed by atoms with Gasteiger partial charge < -0.3 is 14.8 Å². The molecule has 0 aromatic heterocycles. The van der Waals surface area contributed by atoms with E-state index in [4.69, 9.17) is 9.47 Å². The maximum absolute atomic E-state index is 12.3. The zero-order valence-corrected chi connectivity index (χ0v) is 16.9. The first-order chi connectivity index (χ1) is 14.3. The number of hydrogen-bond donors (Lipinski definition) is 3. The average molecular weight is 416 g/mol. The predicted octanol–water partition coefficient (Wildman–Crippen LogP) is 2.19. The van der Waals surface area contributed by atoms with Crippen molar-refractivity contribution in [1.82, 2.24) is 10.9 Å². The van der Waals surface area contributed by atoms with E-state index < -0.39 is 22.8 Å². The molecule has 0 heterocycles. The van der Waals surface area contributed by atoms with Crippen molar-refractivity contribution in [3.05, 3.63) is 58.1 Å². The molecule has 1 atom stereocenters. The van der Waals surface area contributed by atoms with Crippen LogP contribution in [0.1, 0.15) is 19.4 Å². The summed E-state index contributed by atoms with van der Waals surface area (Å²) < 4.78 is 10.5. The monoisotopic (exact) mass is 416 g/mol. The van der Waals surface area contributed by atoms with Gasteiger partial charge in [0.05, 0.1) is 17.7 Å². The highest BCUT2D eigenvalue weighted by atomic mass is 16.6. The van der Waals surface area contributed by atoms with Crippen LogP contribution >= 0.6 is 0 Å².